The van der Waals surface area contributed by atoms with Crippen LogP contribution in [0.1, 0.15) is 46.1 Å². The molecule has 0 aliphatic heterocycles. The molecule has 1 heterocycles. The molecule has 0 fully saturated rings. The van der Waals surface area contributed by atoms with Crippen molar-refractivity contribution < 1.29 is 14.3 Å². The molecule has 2 aromatic rings. The summed E-state index contributed by atoms with van der Waals surface area (Å²) in [5, 5.41) is 0. The number of H-pyrrole nitrogens is 1. The largest absolute Gasteiger partial charge is 0.494 e. The number of aryl methyl sites for hydroxylation is 1. The molecular weight excluding hydrogens is 462 g/mol. The minimum atomic E-state index is -0.728. The van der Waals surface area contributed by atoms with Crippen LogP contribution in [0, 0.1) is 18.8 Å². The highest BCUT2D eigenvalue weighted by Gasteiger charge is 2.26. The first-order chi connectivity index (χ1) is 16.9. The molecule has 0 aliphatic carbocycles. The predicted octanol–water partition coefficient (Wildman–Crippen LogP) is 2.39. The van der Waals surface area contributed by atoms with Crippen molar-refractivity contribution in [1.29, 1.82) is 0 Å². The molecule has 0 aliphatic rings. The minimum Gasteiger partial charge on any atom is -0.494 e. The van der Waals surface area contributed by atoms with Gasteiger partial charge in [0.1, 0.15) is 11.6 Å². The summed E-state index contributed by atoms with van der Waals surface area (Å²) in [7, 11) is 1.54. The molecule has 1 aromatic heterocycles. The Labute approximate surface area is 212 Å². The van der Waals surface area contributed by atoms with E-state index in [1.54, 1.807) is 7.05 Å². The number of likely N-dealkylation sites (N-methyl/N-ethyl adjacent to an activating group) is 1. The fourth-order valence-corrected chi connectivity index (χ4v) is 3.68. The van der Waals surface area contributed by atoms with Crippen LogP contribution in [-0.2, 0) is 16.1 Å². The number of nitrogens with two attached hydrogens (primary N) is 1. The van der Waals surface area contributed by atoms with Gasteiger partial charge in [0.15, 0.2) is 5.69 Å². The van der Waals surface area contributed by atoms with Gasteiger partial charge in [0.25, 0.3) is 5.56 Å². The van der Waals surface area contributed by atoms with Crippen molar-refractivity contribution in [2.24, 2.45) is 11.8 Å². The number of ether oxygens (including phenoxy) is 1. The minimum absolute atomic E-state index is 0.0122. The normalized spacial score (nSPS) is 11.1. The third-order valence-electron chi connectivity index (χ3n) is 5.50. The number of amides is 2. The summed E-state index contributed by atoms with van der Waals surface area (Å²) >= 11 is 0. The van der Waals surface area contributed by atoms with Crippen molar-refractivity contribution in [1.82, 2.24) is 14.5 Å². The van der Waals surface area contributed by atoms with E-state index in [1.165, 1.54) is 14.4 Å². The molecule has 0 bridgehead atoms. The Hall–Kier alpha value is -3.56. The number of benzene rings is 1. The van der Waals surface area contributed by atoms with E-state index < -0.39 is 17.2 Å². The monoisotopic (exact) mass is 501 g/mol. The summed E-state index contributed by atoms with van der Waals surface area (Å²) in [5.74, 6) is 0.112. The Morgan fingerprint density at radius 1 is 1.06 bits per heavy atom. The lowest BCUT2D eigenvalue weighted by molar-refractivity contribution is -0.134. The molecule has 1 aromatic carbocycles. The summed E-state index contributed by atoms with van der Waals surface area (Å²) in [6.45, 7) is 10.3. The van der Waals surface area contributed by atoms with E-state index in [0.29, 0.717) is 19.6 Å². The van der Waals surface area contributed by atoms with Gasteiger partial charge < -0.3 is 20.3 Å². The second kappa shape index (κ2) is 12.9. The number of nitrogen functional groups attached to an aromatic ring is 1. The molecule has 0 saturated heterocycles. The van der Waals surface area contributed by atoms with E-state index in [-0.39, 0.29) is 48.8 Å². The van der Waals surface area contributed by atoms with Crippen LogP contribution in [-0.4, -0.2) is 53.0 Å². The van der Waals surface area contributed by atoms with Crippen molar-refractivity contribution in [3.63, 3.8) is 0 Å². The number of carbonyl (C=O) groups excluding carboxylic acids is 2. The lowest BCUT2D eigenvalue weighted by Crippen LogP contribution is -2.47. The number of aromatic amines is 1. The standard InChI is InChI=1S/C26H39N5O5/c1-17(2)14-30(23-24(27)31(15-18(3)4)26(35)28-25(23)34)22(33)16-29(6)21(32)8-7-13-36-20-11-9-19(5)10-12-20/h9-12,17-18H,7-8,13-16,27H2,1-6H3,(H,28,34,35). The first kappa shape index (κ1) is 28.7. The number of aromatic nitrogens is 2. The summed E-state index contributed by atoms with van der Waals surface area (Å²) in [4.78, 5) is 55.8. The van der Waals surface area contributed by atoms with Gasteiger partial charge in [-0.15, -0.1) is 0 Å². The summed E-state index contributed by atoms with van der Waals surface area (Å²) in [6, 6.07) is 7.66. The van der Waals surface area contributed by atoms with Gasteiger partial charge in [-0.05, 0) is 37.3 Å². The molecule has 0 radical (unpaired) electrons. The highest BCUT2D eigenvalue weighted by Crippen LogP contribution is 2.20. The van der Waals surface area contributed by atoms with Gasteiger partial charge in [-0.1, -0.05) is 45.4 Å². The van der Waals surface area contributed by atoms with E-state index in [0.717, 1.165) is 11.3 Å². The van der Waals surface area contributed by atoms with Gasteiger partial charge in [0.2, 0.25) is 11.8 Å². The van der Waals surface area contributed by atoms with E-state index in [4.69, 9.17) is 10.5 Å². The number of hydrogen-bond donors (Lipinski definition) is 2. The molecule has 0 spiro atoms. The predicted molar refractivity (Wildman–Crippen MR) is 141 cm³/mol. The molecule has 2 rings (SSSR count). The highest BCUT2D eigenvalue weighted by molar-refractivity contribution is 5.98. The average molecular weight is 502 g/mol. The maximum absolute atomic E-state index is 13.3. The summed E-state index contributed by atoms with van der Waals surface area (Å²) in [6.07, 6.45) is 0.704. The van der Waals surface area contributed by atoms with E-state index >= 15 is 0 Å². The number of rotatable bonds is 12. The fraction of sp³-hybridized carbons (Fsp3) is 0.538. The van der Waals surface area contributed by atoms with Crippen LogP contribution in [0.15, 0.2) is 33.9 Å². The summed E-state index contributed by atoms with van der Waals surface area (Å²) < 4.78 is 6.93. The zero-order valence-corrected chi connectivity index (χ0v) is 22.2. The van der Waals surface area contributed by atoms with E-state index in [2.05, 4.69) is 4.98 Å². The average Bonchev–Trinajstić information content (AvgIpc) is 2.79. The Bertz CT molecular complexity index is 1150. The second-order valence-corrected chi connectivity index (χ2v) is 9.91. The van der Waals surface area contributed by atoms with Crippen LogP contribution in [0.3, 0.4) is 0 Å². The van der Waals surface area contributed by atoms with Gasteiger partial charge in [0, 0.05) is 26.6 Å². The van der Waals surface area contributed by atoms with Gasteiger partial charge >= 0.3 is 5.69 Å². The van der Waals surface area contributed by atoms with Gasteiger partial charge in [-0.2, -0.15) is 0 Å². The van der Waals surface area contributed by atoms with Crippen molar-refractivity contribution >= 4 is 23.3 Å². The van der Waals surface area contributed by atoms with Crippen LogP contribution in [0.4, 0.5) is 11.5 Å². The van der Waals surface area contributed by atoms with Crippen molar-refractivity contribution in [3.05, 3.63) is 50.7 Å². The van der Waals surface area contributed by atoms with Crippen LogP contribution >= 0.6 is 0 Å². The molecule has 10 heteroatoms. The third kappa shape index (κ3) is 8.00. The van der Waals surface area contributed by atoms with Crippen molar-refractivity contribution in [3.8, 4) is 5.75 Å². The number of nitrogens with one attached hydrogen (secondary N) is 1. The highest BCUT2D eigenvalue weighted by atomic mass is 16.5. The first-order valence-electron chi connectivity index (χ1n) is 12.3. The number of nitrogens with zero attached hydrogens (tertiary/aromatic N) is 3. The van der Waals surface area contributed by atoms with Gasteiger partial charge in [-0.3, -0.25) is 23.9 Å². The Morgan fingerprint density at radius 2 is 1.69 bits per heavy atom. The number of carbonyl (C=O) groups is 2. The SMILES string of the molecule is Cc1ccc(OCCCC(=O)N(C)CC(=O)N(CC(C)C)c2c(N)n(CC(C)C)c(=O)[nH]c2=O)cc1. The topological polar surface area (TPSA) is 131 Å². The molecule has 2 amide bonds. The molecule has 198 valence electrons. The van der Waals surface area contributed by atoms with Crippen LogP contribution in [0.5, 0.6) is 5.75 Å². The molecule has 0 unspecified atom stereocenters. The Morgan fingerprint density at radius 3 is 2.28 bits per heavy atom. The van der Waals surface area contributed by atoms with Crippen molar-refractivity contribution in [2.45, 2.75) is 54.0 Å². The Balaban J connectivity index is 2.10. The summed E-state index contributed by atoms with van der Waals surface area (Å²) in [5.41, 5.74) is 5.95. The van der Waals surface area contributed by atoms with Crippen molar-refractivity contribution in [2.75, 3.05) is 37.4 Å². The third-order valence-corrected chi connectivity index (χ3v) is 5.50. The van der Waals surface area contributed by atoms with Crippen LogP contribution in [0.25, 0.3) is 0 Å². The molecule has 3 N–H and O–H groups in total. The van der Waals surface area contributed by atoms with Gasteiger partial charge in [-0.25, -0.2) is 4.79 Å². The quantitative estimate of drug-likeness (QED) is 0.430. The maximum Gasteiger partial charge on any atom is 0.330 e. The van der Waals surface area contributed by atoms with Crippen LogP contribution in [0.2, 0.25) is 0 Å². The number of anilines is 2. The van der Waals surface area contributed by atoms with Crippen LogP contribution < -0.4 is 26.6 Å². The zero-order valence-electron chi connectivity index (χ0n) is 22.2. The second-order valence-electron chi connectivity index (χ2n) is 9.91. The Kier molecular flexibility index (Phi) is 10.3. The molecule has 0 atom stereocenters. The van der Waals surface area contributed by atoms with Gasteiger partial charge in [0.05, 0.1) is 13.2 Å². The number of hydrogen-bond acceptors (Lipinski definition) is 6. The van der Waals surface area contributed by atoms with E-state index in [9.17, 15) is 19.2 Å². The first-order valence-corrected chi connectivity index (χ1v) is 12.3. The molecule has 10 nitrogen and oxygen atoms in total. The fourth-order valence-electron chi connectivity index (χ4n) is 3.68. The van der Waals surface area contributed by atoms with E-state index in [1.807, 2.05) is 58.9 Å². The molecule has 0 saturated carbocycles. The molecule has 36 heavy (non-hydrogen) atoms. The lowest BCUT2D eigenvalue weighted by atomic mass is 10.2. The smallest absolute Gasteiger partial charge is 0.330 e. The lowest BCUT2D eigenvalue weighted by Gasteiger charge is -2.28. The molecular formula is C26H39N5O5. The maximum atomic E-state index is 13.3. The zero-order chi connectivity index (χ0) is 27.0.